The summed E-state index contributed by atoms with van der Waals surface area (Å²) in [7, 11) is 3.34. The molecule has 21 heteroatoms. The first kappa shape index (κ1) is 64.9. The van der Waals surface area contributed by atoms with Crippen LogP contribution in [0.15, 0.2) is 85.1 Å². The number of benzene rings is 3. The first-order valence-corrected chi connectivity index (χ1v) is 27.6. The minimum Gasteiger partial charge on any atom is -0.382 e. The molecule has 2 heterocycles. The highest BCUT2D eigenvalue weighted by molar-refractivity contribution is 6.08. The van der Waals surface area contributed by atoms with Gasteiger partial charge in [0.05, 0.1) is 115 Å². The summed E-state index contributed by atoms with van der Waals surface area (Å²) in [6.07, 6.45) is 0.612. The van der Waals surface area contributed by atoms with Crippen LogP contribution in [0.1, 0.15) is 88.2 Å². The number of ether oxygens (including phenoxy) is 8. The van der Waals surface area contributed by atoms with E-state index in [-0.39, 0.29) is 41.0 Å². The molecule has 1 atom stereocenters. The van der Waals surface area contributed by atoms with Gasteiger partial charge in [0, 0.05) is 94.0 Å². The van der Waals surface area contributed by atoms with Gasteiger partial charge in [0.2, 0.25) is 0 Å². The lowest BCUT2D eigenvalue weighted by atomic mass is 9.96. The number of piperidine rings is 1. The number of likely N-dealkylation sites (N-methyl/N-ethyl adjacent to an activating group) is 1. The van der Waals surface area contributed by atoms with E-state index in [1.165, 1.54) is 24.4 Å². The summed E-state index contributed by atoms with van der Waals surface area (Å²) < 4.78 is 83.5. The van der Waals surface area contributed by atoms with Gasteiger partial charge in [-0.3, -0.25) is 29.1 Å². The minimum atomic E-state index is -4.52. The van der Waals surface area contributed by atoms with Crippen molar-refractivity contribution in [1.82, 2.24) is 20.1 Å². The third-order valence-corrected chi connectivity index (χ3v) is 13.2. The zero-order valence-corrected chi connectivity index (χ0v) is 46.9. The molecule has 3 aromatic carbocycles. The average Bonchev–Trinajstić information content (AvgIpc) is 3.48. The maximum absolute atomic E-state index is 14.0. The Labute approximate surface area is 468 Å². The van der Waals surface area contributed by atoms with Gasteiger partial charge in [-0.1, -0.05) is 24.6 Å². The molecule has 1 fully saturated rings. The number of anilines is 2. The minimum absolute atomic E-state index is 0.130. The molecule has 2 N–H and O–H groups in total. The van der Waals surface area contributed by atoms with Crippen molar-refractivity contribution in [1.29, 1.82) is 0 Å². The number of carbonyl (C=O) groups is 4. The average molecular weight is 1120 g/mol. The number of hydrogen-bond acceptors (Lipinski definition) is 15. The summed E-state index contributed by atoms with van der Waals surface area (Å²) in [5.74, 6) is -1.10. The summed E-state index contributed by atoms with van der Waals surface area (Å²) in [6, 6.07) is 19.6. The van der Waals surface area contributed by atoms with Crippen molar-refractivity contribution in [3.8, 4) is 11.3 Å². The van der Waals surface area contributed by atoms with Gasteiger partial charge in [0.15, 0.2) is 0 Å². The van der Waals surface area contributed by atoms with E-state index in [9.17, 15) is 32.3 Å². The number of halogens is 3. The number of amides is 3. The van der Waals surface area contributed by atoms with Crippen LogP contribution < -0.4 is 15.5 Å². The first-order chi connectivity index (χ1) is 38.8. The fourth-order valence-electron chi connectivity index (χ4n) is 8.79. The van der Waals surface area contributed by atoms with Gasteiger partial charge in [-0.2, -0.15) is 13.2 Å². The Morgan fingerprint density at radius 1 is 0.675 bits per heavy atom. The smallest absolute Gasteiger partial charge is 0.382 e. The number of alkyl halides is 3. The molecule has 0 saturated carbocycles. The Bertz CT molecular complexity index is 2480. The molecule has 0 aliphatic carbocycles. The number of nitrogens with one attached hydrogen (secondary N) is 2. The number of pyridine rings is 1. The van der Waals surface area contributed by atoms with Gasteiger partial charge in [-0.15, -0.1) is 0 Å². The summed E-state index contributed by atoms with van der Waals surface area (Å²) in [5, 5.41) is 5.68. The third-order valence-electron chi connectivity index (χ3n) is 13.2. The number of rotatable bonds is 39. The highest BCUT2D eigenvalue weighted by Crippen LogP contribution is 2.33. The molecule has 1 aliphatic rings. The van der Waals surface area contributed by atoms with Gasteiger partial charge in [-0.05, 0) is 106 Å². The normalized spacial score (nSPS) is 13.8. The molecule has 1 aromatic heterocycles. The van der Waals surface area contributed by atoms with Crippen molar-refractivity contribution in [3.63, 3.8) is 0 Å². The van der Waals surface area contributed by atoms with Crippen LogP contribution in [0, 0.1) is 0 Å². The maximum atomic E-state index is 14.0. The van der Waals surface area contributed by atoms with Crippen LogP contribution >= 0.6 is 0 Å². The van der Waals surface area contributed by atoms with E-state index in [0.29, 0.717) is 161 Å². The number of methoxy groups -OCH3 is 1. The lowest BCUT2D eigenvalue weighted by molar-refractivity contribution is -0.137. The predicted octanol–water partition coefficient (Wildman–Crippen LogP) is 7.83. The van der Waals surface area contributed by atoms with Crippen molar-refractivity contribution in [2.45, 2.75) is 64.7 Å². The van der Waals surface area contributed by atoms with Crippen LogP contribution in [0.4, 0.5) is 24.5 Å². The van der Waals surface area contributed by atoms with Gasteiger partial charge in [-0.25, -0.2) is 0 Å². The topological polar surface area (TPSA) is 189 Å². The molecular formula is C59H81F3N6O12. The monoisotopic (exact) mass is 1120 g/mol. The fraction of sp³-hybridized carbons (Fsp3) is 0.542. The Morgan fingerprint density at radius 2 is 1.26 bits per heavy atom. The molecule has 1 aliphatic heterocycles. The van der Waals surface area contributed by atoms with Gasteiger partial charge < -0.3 is 58.3 Å². The second-order valence-corrected chi connectivity index (χ2v) is 18.9. The number of ketones is 1. The van der Waals surface area contributed by atoms with Crippen molar-refractivity contribution in [2.24, 2.45) is 0 Å². The van der Waals surface area contributed by atoms with E-state index >= 15 is 0 Å². The van der Waals surface area contributed by atoms with Crippen molar-refractivity contribution in [3.05, 3.63) is 113 Å². The second kappa shape index (κ2) is 36.5. The zero-order valence-electron chi connectivity index (χ0n) is 46.9. The lowest BCUT2D eigenvalue weighted by Gasteiger charge is -2.35. The number of nitrogens with zero attached hydrogens (tertiary/aromatic N) is 4. The summed E-state index contributed by atoms with van der Waals surface area (Å²) in [4.78, 5) is 65.1. The third kappa shape index (κ3) is 22.9. The van der Waals surface area contributed by atoms with Gasteiger partial charge >= 0.3 is 6.18 Å². The molecule has 0 bridgehead atoms. The first-order valence-electron chi connectivity index (χ1n) is 27.6. The zero-order chi connectivity index (χ0) is 57.4. The molecular weight excluding hydrogens is 1040 g/mol. The maximum Gasteiger partial charge on any atom is 0.416 e. The summed E-state index contributed by atoms with van der Waals surface area (Å²) >= 11 is 0. The van der Waals surface area contributed by atoms with Gasteiger partial charge in [0.25, 0.3) is 17.7 Å². The summed E-state index contributed by atoms with van der Waals surface area (Å²) in [5.41, 5.74) is 2.43. The quantitative estimate of drug-likeness (QED) is 0.0411. The molecule has 4 aromatic rings. The molecule has 0 spiro atoms. The van der Waals surface area contributed by atoms with E-state index < -0.39 is 23.6 Å². The largest absolute Gasteiger partial charge is 0.416 e. The van der Waals surface area contributed by atoms with Crippen molar-refractivity contribution < 1.29 is 70.2 Å². The van der Waals surface area contributed by atoms with Crippen molar-refractivity contribution >= 4 is 34.9 Å². The summed E-state index contributed by atoms with van der Waals surface area (Å²) in [6.45, 7) is 14.2. The molecule has 80 heavy (non-hydrogen) atoms. The standard InChI is InChI=1S/C59H81F3N6O12/c1-5-67(6-2)50-18-19-52(51(43-50)53-42-47(20-21-63-53)56(70)64-44-45-12-9-15-49(40-45)59(60,61)62)65-57(71)46-13-10-14-48(41-46)58(72)66(3)23-24-68-22-8-7-16-54(68)55(69)17-11-25-74-28-29-76-32-33-78-36-37-80-39-38-79-35-34-77-31-30-75-27-26-73-4/h9-10,12-15,18-21,40-43,54H,5-8,11,16-17,22-39,44H2,1-4H3,(H,64,70)(H,65,71)/t54-/m0/s1. The van der Waals surface area contributed by atoms with Crippen molar-refractivity contribution in [2.75, 3.05) is 156 Å². The van der Waals surface area contributed by atoms with Crippen LogP contribution in [-0.2, 0) is 55.4 Å². The number of aromatic nitrogens is 1. The van der Waals surface area contributed by atoms with E-state index in [2.05, 4.69) is 25.4 Å². The van der Waals surface area contributed by atoms with E-state index in [4.69, 9.17) is 37.9 Å². The predicted molar refractivity (Wildman–Crippen MR) is 298 cm³/mol. The number of likely N-dealkylation sites (tertiary alicyclic amines) is 1. The molecule has 5 rings (SSSR count). The van der Waals surface area contributed by atoms with E-state index in [1.807, 2.05) is 26.0 Å². The van der Waals surface area contributed by atoms with Crippen LogP contribution in [-0.4, -0.2) is 190 Å². The highest BCUT2D eigenvalue weighted by atomic mass is 19.4. The molecule has 0 unspecified atom stereocenters. The Hall–Kier alpha value is -5.88. The van der Waals surface area contributed by atoms with Crippen LogP contribution in [0.5, 0.6) is 0 Å². The van der Waals surface area contributed by atoms with Crippen LogP contribution in [0.3, 0.4) is 0 Å². The van der Waals surface area contributed by atoms with Gasteiger partial charge in [0.1, 0.15) is 5.78 Å². The molecule has 1 saturated heterocycles. The molecule has 440 valence electrons. The number of hydrogen-bond donors (Lipinski definition) is 2. The Kier molecular flexibility index (Phi) is 29.6. The fourth-order valence-corrected chi connectivity index (χ4v) is 8.79. The molecule has 0 radical (unpaired) electrons. The Morgan fingerprint density at radius 3 is 1.88 bits per heavy atom. The number of Topliss-reactive ketones (excluding diaryl/α,β-unsaturated/α-hetero) is 1. The van der Waals surface area contributed by atoms with E-state index in [1.54, 1.807) is 55.5 Å². The van der Waals surface area contributed by atoms with Crippen LogP contribution in [0.25, 0.3) is 11.3 Å². The second-order valence-electron chi connectivity index (χ2n) is 18.9. The molecule has 3 amide bonds. The highest BCUT2D eigenvalue weighted by Gasteiger charge is 2.31. The number of carbonyl (C=O) groups excluding carboxylic acids is 4. The Balaban J connectivity index is 1.01. The lowest BCUT2D eigenvalue weighted by Crippen LogP contribution is -2.48. The SMILES string of the molecule is CCN(CC)c1ccc(NC(=O)c2cccc(C(=O)N(C)CCN3CCCC[C@H]3C(=O)CCCOCCOCCOCCOCCOCCOCCOCCOC)c2)c(-c2cc(C(=O)NCc3cccc(C(F)(F)F)c3)ccn2)c1. The molecule has 18 nitrogen and oxygen atoms in total. The van der Waals surface area contributed by atoms with Crippen LogP contribution in [0.2, 0.25) is 0 Å². The van der Waals surface area contributed by atoms with E-state index in [0.717, 1.165) is 43.6 Å².